The van der Waals surface area contributed by atoms with E-state index >= 15 is 0 Å². The van der Waals surface area contributed by atoms with Crippen LogP contribution in [0.2, 0.25) is 0 Å². The zero-order chi connectivity index (χ0) is 14.4. The molecule has 0 unspecified atom stereocenters. The maximum Gasteiger partial charge on any atom is 0.227 e. The van der Waals surface area contributed by atoms with Gasteiger partial charge in [-0.1, -0.05) is 18.2 Å². The van der Waals surface area contributed by atoms with Gasteiger partial charge in [-0.05, 0) is 19.0 Å². The molecule has 5 heteroatoms. The number of carbonyl (C=O) groups excluding carboxylic acids is 1. The van der Waals surface area contributed by atoms with Gasteiger partial charge in [-0.25, -0.2) is 0 Å². The van der Waals surface area contributed by atoms with Crippen molar-refractivity contribution in [2.24, 2.45) is 5.73 Å². The van der Waals surface area contributed by atoms with Crippen molar-refractivity contribution in [1.82, 2.24) is 9.80 Å². The first kappa shape index (κ1) is 14.8. The van der Waals surface area contributed by atoms with Crippen LogP contribution in [0.5, 0.6) is 5.75 Å². The summed E-state index contributed by atoms with van der Waals surface area (Å²) in [5, 5.41) is 9.73. The molecule has 0 atom stereocenters. The van der Waals surface area contributed by atoms with E-state index in [9.17, 15) is 9.90 Å². The lowest BCUT2D eigenvalue weighted by Gasteiger charge is -2.21. The van der Waals surface area contributed by atoms with E-state index in [1.807, 2.05) is 11.0 Å². The van der Waals surface area contributed by atoms with Crippen LogP contribution in [0.15, 0.2) is 24.3 Å². The number of carbonyl (C=O) groups is 1. The van der Waals surface area contributed by atoms with E-state index in [-0.39, 0.29) is 18.1 Å². The fourth-order valence-corrected chi connectivity index (χ4v) is 2.56. The molecule has 1 amide bonds. The van der Waals surface area contributed by atoms with Crippen molar-refractivity contribution in [2.45, 2.75) is 12.8 Å². The van der Waals surface area contributed by atoms with Gasteiger partial charge >= 0.3 is 0 Å². The van der Waals surface area contributed by atoms with Crippen LogP contribution in [0, 0.1) is 0 Å². The second kappa shape index (κ2) is 7.26. The fourth-order valence-electron chi connectivity index (χ4n) is 2.56. The third-order valence-electron chi connectivity index (χ3n) is 3.72. The predicted octanol–water partition coefficient (Wildman–Crippen LogP) is 0.428. The molecule has 110 valence electrons. The molecule has 1 aromatic carbocycles. The molecule has 2 rings (SSSR count). The molecule has 0 radical (unpaired) electrons. The monoisotopic (exact) mass is 277 g/mol. The SMILES string of the molecule is NCCN1CCCN(C(=O)Cc2ccccc2O)CC1. The lowest BCUT2D eigenvalue weighted by atomic mass is 10.1. The summed E-state index contributed by atoms with van der Waals surface area (Å²) in [6.07, 6.45) is 1.25. The van der Waals surface area contributed by atoms with E-state index in [2.05, 4.69) is 4.90 Å². The Labute approximate surface area is 120 Å². The Hall–Kier alpha value is -1.59. The normalized spacial score (nSPS) is 16.9. The van der Waals surface area contributed by atoms with Crippen LogP contribution in [0.1, 0.15) is 12.0 Å². The van der Waals surface area contributed by atoms with Gasteiger partial charge in [0.25, 0.3) is 0 Å². The number of amides is 1. The molecular formula is C15H23N3O2. The summed E-state index contributed by atoms with van der Waals surface area (Å²) in [5.74, 6) is 0.279. The van der Waals surface area contributed by atoms with Crippen molar-refractivity contribution >= 4 is 5.91 Å². The standard InChI is InChI=1S/C15H23N3O2/c16-6-9-17-7-3-8-18(11-10-17)15(20)12-13-4-1-2-5-14(13)19/h1-2,4-5,19H,3,6-12,16H2. The van der Waals surface area contributed by atoms with E-state index in [4.69, 9.17) is 5.73 Å². The van der Waals surface area contributed by atoms with Gasteiger partial charge < -0.3 is 20.6 Å². The summed E-state index contributed by atoms with van der Waals surface area (Å²) in [7, 11) is 0. The molecule has 1 aromatic rings. The van der Waals surface area contributed by atoms with Crippen LogP contribution >= 0.6 is 0 Å². The number of nitrogens with zero attached hydrogens (tertiary/aromatic N) is 2. The van der Waals surface area contributed by atoms with Gasteiger partial charge in [-0.2, -0.15) is 0 Å². The van der Waals surface area contributed by atoms with Gasteiger partial charge in [-0.15, -0.1) is 0 Å². The van der Waals surface area contributed by atoms with Crippen molar-refractivity contribution in [2.75, 3.05) is 39.3 Å². The average molecular weight is 277 g/mol. The highest BCUT2D eigenvalue weighted by atomic mass is 16.3. The molecule has 20 heavy (non-hydrogen) atoms. The molecule has 1 saturated heterocycles. The number of para-hydroxylation sites is 1. The minimum atomic E-state index is 0.0844. The van der Waals surface area contributed by atoms with Crippen LogP contribution < -0.4 is 5.73 Å². The average Bonchev–Trinajstić information content (AvgIpc) is 2.67. The molecule has 0 bridgehead atoms. The highest BCUT2D eigenvalue weighted by Gasteiger charge is 2.19. The second-order valence-electron chi connectivity index (χ2n) is 5.17. The lowest BCUT2D eigenvalue weighted by molar-refractivity contribution is -0.130. The van der Waals surface area contributed by atoms with Crippen LogP contribution in [0.25, 0.3) is 0 Å². The molecule has 3 N–H and O–H groups in total. The van der Waals surface area contributed by atoms with E-state index in [1.165, 1.54) is 0 Å². The van der Waals surface area contributed by atoms with Crippen LogP contribution in [-0.4, -0.2) is 60.1 Å². The van der Waals surface area contributed by atoms with Crippen LogP contribution in [0.3, 0.4) is 0 Å². The topological polar surface area (TPSA) is 69.8 Å². The van der Waals surface area contributed by atoms with Gasteiger partial charge in [0.05, 0.1) is 6.42 Å². The Balaban J connectivity index is 1.91. The third kappa shape index (κ3) is 3.95. The van der Waals surface area contributed by atoms with E-state index in [1.54, 1.807) is 18.2 Å². The van der Waals surface area contributed by atoms with Gasteiger partial charge in [-0.3, -0.25) is 4.79 Å². The molecule has 0 aromatic heterocycles. The molecule has 1 heterocycles. The fraction of sp³-hybridized carbons (Fsp3) is 0.533. The minimum absolute atomic E-state index is 0.0844. The number of benzene rings is 1. The van der Waals surface area contributed by atoms with Gasteiger partial charge in [0.1, 0.15) is 5.75 Å². The number of hydrogen-bond acceptors (Lipinski definition) is 4. The van der Waals surface area contributed by atoms with Crippen LogP contribution in [0.4, 0.5) is 0 Å². The molecular weight excluding hydrogens is 254 g/mol. The summed E-state index contributed by atoms with van der Waals surface area (Å²) in [5.41, 5.74) is 6.27. The quantitative estimate of drug-likeness (QED) is 0.837. The highest BCUT2D eigenvalue weighted by molar-refractivity contribution is 5.79. The van der Waals surface area contributed by atoms with Crippen molar-refractivity contribution in [1.29, 1.82) is 0 Å². The number of phenols is 1. The van der Waals surface area contributed by atoms with Crippen molar-refractivity contribution in [3.05, 3.63) is 29.8 Å². The maximum atomic E-state index is 12.3. The molecule has 0 aliphatic carbocycles. The summed E-state index contributed by atoms with van der Waals surface area (Å²) < 4.78 is 0. The summed E-state index contributed by atoms with van der Waals surface area (Å²) in [4.78, 5) is 16.5. The third-order valence-corrected chi connectivity index (χ3v) is 3.72. The smallest absolute Gasteiger partial charge is 0.227 e. The number of rotatable bonds is 4. The first-order valence-corrected chi connectivity index (χ1v) is 7.18. The predicted molar refractivity (Wildman–Crippen MR) is 78.5 cm³/mol. The minimum Gasteiger partial charge on any atom is -0.508 e. The Morgan fingerprint density at radius 3 is 2.75 bits per heavy atom. The van der Waals surface area contributed by atoms with Gasteiger partial charge in [0.15, 0.2) is 0 Å². The molecule has 5 nitrogen and oxygen atoms in total. The first-order valence-electron chi connectivity index (χ1n) is 7.18. The van der Waals surface area contributed by atoms with Crippen molar-refractivity contribution < 1.29 is 9.90 Å². The lowest BCUT2D eigenvalue weighted by Crippen LogP contribution is -2.37. The Morgan fingerprint density at radius 2 is 2.00 bits per heavy atom. The Morgan fingerprint density at radius 1 is 1.20 bits per heavy atom. The Kier molecular flexibility index (Phi) is 5.38. The second-order valence-corrected chi connectivity index (χ2v) is 5.17. The van der Waals surface area contributed by atoms with E-state index in [0.29, 0.717) is 12.1 Å². The number of aromatic hydroxyl groups is 1. The summed E-state index contributed by atoms with van der Waals surface area (Å²) in [6.45, 7) is 4.95. The van der Waals surface area contributed by atoms with E-state index < -0.39 is 0 Å². The maximum absolute atomic E-state index is 12.3. The molecule has 1 fully saturated rings. The number of nitrogens with two attached hydrogens (primary N) is 1. The zero-order valence-corrected chi connectivity index (χ0v) is 11.8. The first-order chi connectivity index (χ1) is 9.70. The largest absolute Gasteiger partial charge is 0.508 e. The van der Waals surface area contributed by atoms with Crippen molar-refractivity contribution in [3.8, 4) is 5.75 Å². The van der Waals surface area contributed by atoms with Crippen LogP contribution in [-0.2, 0) is 11.2 Å². The van der Waals surface area contributed by atoms with Crippen molar-refractivity contribution in [3.63, 3.8) is 0 Å². The zero-order valence-electron chi connectivity index (χ0n) is 11.8. The summed E-state index contributed by atoms with van der Waals surface area (Å²) in [6, 6.07) is 7.02. The van der Waals surface area contributed by atoms with E-state index in [0.717, 1.165) is 39.1 Å². The molecule has 0 spiro atoms. The van der Waals surface area contributed by atoms with Gasteiger partial charge in [0, 0.05) is 38.3 Å². The summed E-state index contributed by atoms with van der Waals surface area (Å²) >= 11 is 0. The molecule has 1 aliphatic heterocycles. The molecule has 1 aliphatic rings. The highest BCUT2D eigenvalue weighted by Crippen LogP contribution is 2.17. The van der Waals surface area contributed by atoms with Gasteiger partial charge in [0.2, 0.25) is 5.91 Å². The molecule has 0 saturated carbocycles. The Bertz CT molecular complexity index is 450. The number of phenolic OH excluding ortho intramolecular Hbond substituents is 1. The number of hydrogen-bond donors (Lipinski definition) is 2.